The minimum atomic E-state index is -10.7. The molecular weight excluding hydrogens is 1150 g/mol. The average molecular weight is 1220 g/mol. The summed E-state index contributed by atoms with van der Waals surface area (Å²) in [6.45, 7) is 12.4. The quantitative estimate of drug-likeness (QED) is 0.0281. The van der Waals surface area contributed by atoms with E-state index in [9.17, 15) is 69.5 Å². The molecule has 0 bridgehead atoms. The van der Waals surface area contributed by atoms with Crippen LogP contribution in [0.4, 0.5) is 50.4 Å². The van der Waals surface area contributed by atoms with Gasteiger partial charge in [-0.15, -0.1) is 0 Å². The Balaban J connectivity index is 0.000000234. The SMILES string of the molecule is CC(C)c1ccc2c(c1)c(=O)c1ccccc1[s+]2C.CC(C)c1ccc2c(c1)c(=O)c1ccccc1[s+]2C.CC(Oc1ccccc1)C(=O)OCCCCOC(=O)C(C)Oc1ccccc1.F[P-](F)(F)(F)(F)F.F[P-](F)(F)(F)(F)F. The molecule has 6 aromatic carbocycles. The van der Waals surface area contributed by atoms with Crippen molar-refractivity contribution in [2.24, 2.45) is 12.5 Å². The van der Waals surface area contributed by atoms with Gasteiger partial charge in [-0.2, -0.15) is 0 Å². The molecule has 0 aliphatic carbocycles. The second-order valence-electron chi connectivity index (χ2n) is 18.6. The van der Waals surface area contributed by atoms with E-state index in [0.717, 1.165) is 21.5 Å². The summed E-state index contributed by atoms with van der Waals surface area (Å²) >= 11 is 0. The second kappa shape index (κ2) is 25.2. The van der Waals surface area contributed by atoms with E-state index < -0.39 is 39.8 Å². The first-order chi connectivity index (χ1) is 36.6. The van der Waals surface area contributed by atoms with Crippen LogP contribution in [0.1, 0.15) is 77.3 Å². The third kappa shape index (κ3) is 23.8. The van der Waals surface area contributed by atoms with Gasteiger partial charge in [0.25, 0.3) is 0 Å². The molecule has 2 aromatic heterocycles. The van der Waals surface area contributed by atoms with Crippen LogP contribution in [0.2, 0.25) is 0 Å². The first kappa shape index (κ1) is 66.2. The molecule has 0 fully saturated rings. The van der Waals surface area contributed by atoms with Crippen LogP contribution in [0.5, 0.6) is 11.5 Å². The standard InChI is InChI=1S/C22H26O6.2C17H17OS.2F6P/c1-17(27-19-11-5-3-6-12-19)21(23)25-15-9-10-16-26-22(24)18(2)28-20-13-7-4-8-14-20;2*1-11(2)12-8-9-16-14(10-12)17(18)13-6-4-5-7-15(13)19(16)3;2*1-7(2,3,4,5)6/h3-8,11-14,17-18H,9-10,15-16H2,1-2H3;2*4-11H,1-3H3;;/q;2*+1;2*-1. The predicted molar refractivity (Wildman–Crippen MR) is 302 cm³/mol. The molecule has 0 aliphatic rings. The van der Waals surface area contributed by atoms with E-state index in [0.29, 0.717) is 36.2 Å². The van der Waals surface area contributed by atoms with Gasteiger partial charge in [0.2, 0.25) is 10.9 Å². The van der Waals surface area contributed by atoms with Crippen molar-refractivity contribution in [3.05, 3.63) is 177 Å². The van der Waals surface area contributed by atoms with Crippen LogP contribution in [0.3, 0.4) is 0 Å². The van der Waals surface area contributed by atoms with E-state index in [4.69, 9.17) is 18.9 Å². The summed E-state index contributed by atoms with van der Waals surface area (Å²) in [6, 6.07) is 47.0. The summed E-state index contributed by atoms with van der Waals surface area (Å²) in [6.07, 6.45) is 4.22. The average Bonchev–Trinajstić information content (AvgIpc) is 3.42. The van der Waals surface area contributed by atoms with Crippen molar-refractivity contribution in [1.82, 2.24) is 0 Å². The van der Waals surface area contributed by atoms with E-state index in [1.807, 2.05) is 72.8 Å². The molecule has 2 heterocycles. The zero-order valence-electron chi connectivity index (χ0n) is 44.5. The van der Waals surface area contributed by atoms with Crippen LogP contribution >= 0.6 is 36.6 Å². The van der Waals surface area contributed by atoms with Gasteiger partial charge in [0.05, 0.1) is 34.8 Å². The fraction of sp³-hybridized carbons (Fsp3) is 0.286. The number of benzene rings is 6. The number of carbonyl (C=O) groups is 2. The molecule has 0 amide bonds. The number of hydrogen-bond donors (Lipinski definition) is 0. The Bertz CT molecular complexity index is 3290. The molecule has 0 spiro atoms. The van der Waals surface area contributed by atoms with E-state index in [2.05, 4.69) is 88.7 Å². The topological polar surface area (TPSA) is 105 Å². The van der Waals surface area contributed by atoms with Crippen molar-refractivity contribution >= 4 is 88.8 Å². The number of para-hydroxylation sites is 2. The van der Waals surface area contributed by atoms with Crippen molar-refractivity contribution in [1.29, 1.82) is 0 Å². The Morgan fingerprint density at radius 1 is 0.412 bits per heavy atom. The molecule has 0 N–H and O–H groups in total. The number of unbranched alkanes of at least 4 members (excludes halogenated alkanes) is 1. The van der Waals surface area contributed by atoms with Crippen LogP contribution in [0, 0.1) is 0 Å². The van der Waals surface area contributed by atoms with Gasteiger partial charge in [-0.1, -0.05) is 100 Å². The number of rotatable bonds is 13. The van der Waals surface area contributed by atoms with Crippen molar-refractivity contribution < 1.29 is 78.9 Å². The van der Waals surface area contributed by atoms with Gasteiger partial charge in [-0.05, 0) is 143 Å². The number of ether oxygens (including phenoxy) is 4. The third-order valence-electron chi connectivity index (χ3n) is 11.2. The molecule has 438 valence electrons. The van der Waals surface area contributed by atoms with E-state index >= 15 is 0 Å². The van der Waals surface area contributed by atoms with Crippen molar-refractivity contribution in [2.45, 2.75) is 78.4 Å². The van der Waals surface area contributed by atoms with Gasteiger partial charge < -0.3 is 18.9 Å². The number of aryl methyl sites for hydroxylation is 2. The number of fused-ring (bicyclic) bond motifs is 4. The molecule has 4 unspecified atom stereocenters. The van der Waals surface area contributed by atoms with Crippen LogP contribution in [0.15, 0.2) is 155 Å². The fourth-order valence-electron chi connectivity index (χ4n) is 7.36. The molecule has 0 saturated heterocycles. The van der Waals surface area contributed by atoms with Gasteiger partial charge >= 0.3 is 77.9 Å². The molecule has 0 aliphatic heterocycles. The monoisotopic (exact) mass is 1210 g/mol. The Kier molecular flexibility index (Phi) is 20.9. The van der Waals surface area contributed by atoms with Crippen LogP contribution in [-0.4, -0.2) is 37.4 Å². The number of halogens is 12. The number of carbonyl (C=O) groups excluding carboxylic acids is 2. The molecule has 0 saturated carbocycles. The number of hydrogen-bond acceptors (Lipinski definition) is 8. The van der Waals surface area contributed by atoms with Gasteiger partial charge in [-0.25, -0.2) is 9.59 Å². The minimum absolute atomic E-state index is 0.00310. The summed E-state index contributed by atoms with van der Waals surface area (Å²) in [5.41, 5.74) is 2.84. The third-order valence-corrected chi connectivity index (χ3v) is 15.3. The van der Waals surface area contributed by atoms with Crippen LogP contribution < -0.4 is 20.3 Å². The van der Waals surface area contributed by atoms with Gasteiger partial charge in [0.1, 0.15) is 24.0 Å². The van der Waals surface area contributed by atoms with Crippen molar-refractivity contribution in [3.8, 4) is 11.5 Å². The van der Waals surface area contributed by atoms with Crippen LogP contribution in [-0.2, 0) is 31.6 Å². The first-order valence-electron chi connectivity index (χ1n) is 24.4. The molecule has 0 radical (unpaired) electrons. The van der Waals surface area contributed by atoms with E-state index in [1.165, 1.54) is 29.9 Å². The Hall–Kier alpha value is -6.34. The Morgan fingerprint density at radius 2 is 0.688 bits per heavy atom. The molecule has 80 heavy (non-hydrogen) atoms. The molecule has 8 aromatic rings. The van der Waals surface area contributed by atoms with Gasteiger partial charge in [0, 0.05) is 0 Å². The molecule has 8 nitrogen and oxygen atoms in total. The van der Waals surface area contributed by atoms with Gasteiger partial charge in [-0.3, -0.25) is 9.59 Å². The summed E-state index contributed by atoms with van der Waals surface area (Å²) in [4.78, 5) is 49.1. The molecule has 24 heteroatoms. The Morgan fingerprint density at radius 3 is 0.988 bits per heavy atom. The normalized spacial score (nSPS) is 14.4. The molecule has 8 rings (SSSR count). The zero-order valence-corrected chi connectivity index (χ0v) is 47.9. The van der Waals surface area contributed by atoms with E-state index in [-0.39, 0.29) is 45.0 Å². The molecule has 4 atom stereocenters. The van der Waals surface area contributed by atoms with Gasteiger partial charge in [0.15, 0.2) is 31.0 Å². The fourth-order valence-corrected chi connectivity index (χ4v) is 10.9. The maximum atomic E-state index is 12.6. The predicted octanol–water partition coefficient (Wildman–Crippen LogP) is 20.1. The summed E-state index contributed by atoms with van der Waals surface area (Å²) < 4.78 is 144. The molecular formula is C56H60F12O8P2S2. The summed E-state index contributed by atoms with van der Waals surface area (Å²) in [7, 11) is -21.3. The Labute approximate surface area is 458 Å². The first-order valence-corrected chi connectivity index (χ1v) is 31.7. The maximum absolute atomic E-state index is 12.6. The van der Waals surface area contributed by atoms with Crippen molar-refractivity contribution in [3.63, 3.8) is 0 Å². The summed E-state index contributed by atoms with van der Waals surface area (Å²) in [5, 5.41) is 3.55. The van der Waals surface area contributed by atoms with Crippen molar-refractivity contribution in [2.75, 3.05) is 13.2 Å². The zero-order chi connectivity index (χ0) is 60.1. The van der Waals surface area contributed by atoms with Crippen LogP contribution in [0.25, 0.3) is 40.3 Å². The summed E-state index contributed by atoms with van der Waals surface area (Å²) in [5.74, 6) is 1.29. The number of esters is 2. The van der Waals surface area contributed by atoms with E-state index in [1.54, 1.807) is 38.1 Å². The second-order valence-corrected chi connectivity index (χ2v) is 26.2.